The Bertz CT molecular complexity index is 784. The van der Waals surface area contributed by atoms with Crippen LogP contribution in [0.2, 0.25) is 0 Å². The van der Waals surface area contributed by atoms with E-state index in [4.69, 9.17) is 11.5 Å². The van der Waals surface area contributed by atoms with Gasteiger partial charge in [-0.25, -0.2) is 4.79 Å². The van der Waals surface area contributed by atoms with Crippen LogP contribution in [-0.4, -0.2) is 33.1 Å². The second-order valence-electron chi connectivity index (χ2n) is 6.79. The fraction of sp³-hybridized carbons (Fsp3) is 0.412. The highest BCUT2D eigenvalue weighted by atomic mass is 16.1. The van der Waals surface area contributed by atoms with Crippen LogP contribution in [0.4, 0.5) is 5.82 Å². The van der Waals surface area contributed by atoms with Gasteiger partial charge in [-0.05, 0) is 42.5 Å². The molecule has 0 bridgehead atoms. The van der Waals surface area contributed by atoms with Crippen LogP contribution >= 0.6 is 0 Å². The lowest BCUT2D eigenvalue weighted by Crippen LogP contribution is -2.41. The van der Waals surface area contributed by atoms with Crippen molar-refractivity contribution in [2.24, 2.45) is 11.7 Å². The fourth-order valence-electron chi connectivity index (χ4n) is 3.50. The summed E-state index contributed by atoms with van der Waals surface area (Å²) in [5.74, 6) is 0.916. The molecule has 0 amide bonds. The maximum atomic E-state index is 11.9. The highest BCUT2D eigenvalue weighted by Gasteiger charge is 2.53. The SMILES string of the molecule is Nc1ccn(-c2ccc(CN3CCC4(N)CC4C3)cc2)c(=O)n1. The number of nitrogen functional groups attached to an aromatic ring is 1. The van der Waals surface area contributed by atoms with Crippen molar-refractivity contribution in [2.75, 3.05) is 18.8 Å². The van der Waals surface area contributed by atoms with E-state index in [2.05, 4.69) is 22.0 Å². The van der Waals surface area contributed by atoms with E-state index in [9.17, 15) is 4.79 Å². The van der Waals surface area contributed by atoms with Crippen molar-refractivity contribution in [1.82, 2.24) is 14.5 Å². The molecule has 120 valence electrons. The number of piperidine rings is 1. The summed E-state index contributed by atoms with van der Waals surface area (Å²) in [6, 6.07) is 9.65. The van der Waals surface area contributed by atoms with Gasteiger partial charge in [-0.2, -0.15) is 4.98 Å². The van der Waals surface area contributed by atoms with Crippen molar-refractivity contribution in [3.63, 3.8) is 0 Å². The standard InChI is InChI=1S/C17H21N5O/c18-15-5-7-22(16(23)20-15)14-3-1-12(2-4-14)10-21-8-6-17(19)9-13(17)11-21/h1-5,7,13H,6,8-11,19H2,(H2,18,20,23). The Balaban J connectivity index is 1.47. The second kappa shape index (κ2) is 5.18. The number of benzene rings is 1. The number of rotatable bonds is 3. The Kier molecular flexibility index (Phi) is 3.25. The van der Waals surface area contributed by atoms with E-state index in [0.717, 1.165) is 31.7 Å². The number of hydrogen-bond acceptors (Lipinski definition) is 5. The van der Waals surface area contributed by atoms with Crippen LogP contribution < -0.4 is 17.2 Å². The van der Waals surface area contributed by atoms with E-state index in [-0.39, 0.29) is 17.0 Å². The minimum Gasteiger partial charge on any atom is -0.383 e. The van der Waals surface area contributed by atoms with E-state index in [1.807, 2.05) is 12.1 Å². The average Bonchev–Trinajstić information content (AvgIpc) is 3.19. The number of nitrogens with zero attached hydrogens (tertiary/aromatic N) is 3. The first kappa shape index (κ1) is 14.4. The molecule has 23 heavy (non-hydrogen) atoms. The van der Waals surface area contributed by atoms with Crippen molar-refractivity contribution in [3.8, 4) is 5.69 Å². The molecule has 2 aromatic rings. The fourth-order valence-corrected chi connectivity index (χ4v) is 3.50. The van der Waals surface area contributed by atoms with Gasteiger partial charge in [-0.15, -0.1) is 0 Å². The van der Waals surface area contributed by atoms with Crippen LogP contribution in [0.25, 0.3) is 5.69 Å². The van der Waals surface area contributed by atoms with Gasteiger partial charge in [-0.1, -0.05) is 12.1 Å². The molecule has 1 aliphatic heterocycles. The van der Waals surface area contributed by atoms with Crippen molar-refractivity contribution in [1.29, 1.82) is 0 Å². The molecule has 6 nitrogen and oxygen atoms in total. The van der Waals surface area contributed by atoms with Crippen LogP contribution in [0.3, 0.4) is 0 Å². The molecule has 2 heterocycles. The van der Waals surface area contributed by atoms with Gasteiger partial charge >= 0.3 is 5.69 Å². The molecule has 1 saturated carbocycles. The van der Waals surface area contributed by atoms with E-state index in [1.165, 1.54) is 16.6 Å². The minimum atomic E-state index is -0.359. The average molecular weight is 311 g/mol. The lowest BCUT2D eigenvalue weighted by Gasteiger charge is -2.29. The molecule has 6 heteroatoms. The van der Waals surface area contributed by atoms with Crippen molar-refractivity contribution in [2.45, 2.75) is 24.9 Å². The molecule has 1 aromatic heterocycles. The first-order chi connectivity index (χ1) is 11.0. The Labute approximate surface area is 134 Å². The minimum absolute atomic E-state index is 0.143. The molecule has 2 unspecified atom stereocenters. The van der Waals surface area contributed by atoms with Gasteiger partial charge in [0, 0.05) is 31.4 Å². The summed E-state index contributed by atoms with van der Waals surface area (Å²) >= 11 is 0. The van der Waals surface area contributed by atoms with E-state index >= 15 is 0 Å². The Morgan fingerprint density at radius 3 is 2.74 bits per heavy atom. The summed E-state index contributed by atoms with van der Waals surface area (Å²) in [6.07, 6.45) is 3.93. The molecular weight excluding hydrogens is 290 g/mol. The summed E-state index contributed by atoms with van der Waals surface area (Å²) in [5, 5.41) is 0. The number of fused-ring (bicyclic) bond motifs is 1. The zero-order valence-electron chi connectivity index (χ0n) is 13.0. The predicted octanol–water partition coefficient (Wildman–Crippen LogP) is 0.738. The number of nitrogens with two attached hydrogens (primary N) is 2. The lowest BCUT2D eigenvalue weighted by molar-refractivity contribution is 0.200. The smallest absolute Gasteiger partial charge is 0.354 e. The maximum absolute atomic E-state index is 11.9. The largest absolute Gasteiger partial charge is 0.383 e. The molecule has 1 aliphatic carbocycles. The van der Waals surface area contributed by atoms with E-state index in [1.54, 1.807) is 12.3 Å². The van der Waals surface area contributed by atoms with Crippen LogP contribution in [0.5, 0.6) is 0 Å². The predicted molar refractivity (Wildman–Crippen MR) is 89.2 cm³/mol. The van der Waals surface area contributed by atoms with E-state index in [0.29, 0.717) is 5.92 Å². The number of aromatic nitrogens is 2. The van der Waals surface area contributed by atoms with Gasteiger partial charge in [0.15, 0.2) is 0 Å². The summed E-state index contributed by atoms with van der Waals surface area (Å²) in [5.41, 5.74) is 13.6. The van der Waals surface area contributed by atoms with Crippen molar-refractivity contribution < 1.29 is 0 Å². The van der Waals surface area contributed by atoms with Gasteiger partial charge in [0.1, 0.15) is 5.82 Å². The molecule has 1 aromatic carbocycles. The molecule has 0 radical (unpaired) electrons. The molecule has 2 aliphatic rings. The zero-order valence-corrected chi connectivity index (χ0v) is 13.0. The van der Waals surface area contributed by atoms with Crippen LogP contribution in [-0.2, 0) is 6.54 Å². The summed E-state index contributed by atoms with van der Waals surface area (Å²) in [7, 11) is 0. The van der Waals surface area contributed by atoms with Crippen molar-refractivity contribution >= 4 is 5.82 Å². The molecule has 4 N–H and O–H groups in total. The molecule has 0 spiro atoms. The summed E-state index contributed by atoms with van der Waals surface area (Å²) < 4.78 is 1.49. The number of likely N-dealkylation sites (tertiary alicyclic amines) is 1. The quantitative estimate of drug-likeness (QED) is 0.872. The van der Waals surface area contributed by atoms with Gasteiger partial charge in [0.25, 0.3) is 0 Å². The van der Waals surface area contributed by atoms with Gasteiger partial charge in [0.05, 0.1) is 5.69 Å². The highest BCUT2D eigenvalue weighted by Crippen LogP contribution is 2.47. The van der Waals surface area contributed by atoms with Crippen LogP contribution in [0.15, 0.2) is 41.3 Å². The Morgan fingerprint density at radius 1 is 1.26 bits per heavy atom. The first-order valence-corrected chi connectivity index (χ1v) is 7.99. The topological polar surface area (TPSA) is 90.2 Å². The zero-order chi connectivity index (χ0) is 16.0. The molecular formula is C17H21N5O. The third-order valence-electron chi connectivity index (χ3n) is 5.10. The molecule has 2 fully saturated rings. The summed E-state index contributed by atoms with van der Waals surface area (Å²) in [4.78, 5) is 18.1. The molecule has 2 atom stereocenters. The maximum Gasteiger partial charge on any atom is 0.354 e. The van der Waals surface area contributed by atoms with Gasteiger partial charge < -0.3 is 11.5 Å². The summed E-state index contributed by atoms with van der Waals surface area (Å²) in [6.45, 7) is 3.09. The second-order valence-corrected chi connectivity index (χ2v) is 6.79. The van der Waals surface area contributed by atoms with Crippen molar-refractivity contribution in [3.05, 3.63) is 52.6 Å². The van der Waals surface area contributed by atoms with Crippen LogP contribution in [0, 0.1) is 5.92 Å². The third-order valence-corrected chi connectivity index (χ3v) is 5.10. The highest BCUT2D eigenvalue weighted by molar-refractivity contribution is 5.36. The Morgan fingerprint density at radius 2 is 2.04 bits per heavy atom. The normalized spacial score (nSPS) is 26.7. The van der Waals surface area contributed by atoms with Gasteiger partial charge in [-0.3, -0.25) is 9.47 Å². The Hall–Kier alpha value is -2.18. The lowest BCUT2D eigenvalue weighted by atomic mass is 10.0. The monoisotopic (exact) mass is 311 g/mol. The number of hydrogen-bond donors (Lipinski definition) is 2. The number of anilines is 1. The van der Waals surface area contributed by atoms with Gasteiger partial charge in [0.2, 0.25) is 0 Å². The molecule has 1 saturated heterocycles. The third kappa shape index (κ3) is 2.75. The first-order valence-electron chi connectivity index (χ1n) is 7.99. The van der Waals surface area contributed by atoms with E-state index < -0.39 is 0 Å². The molecule has 4 rings (SSSR count). The van der Waals surface area contributed by atoms with Crippen LogP contribution in [0.1, 0.15) is 18.4 Å².